The molecule has 106 valence electrons. The normalized spacial score (nSPS) is 16.7. The van der Waals surface area contributed by atoms with Crippen molar-refractivity contribution in [3.05, 3.63) is 28.1 Å². The molecule has 0 saturated carbocycles. The second-order valence-electron chi connectivity index (χ2n) is 5.40. The Morgan fingerprint density at radius 2 is 2.35 bits per heavy atom. The lowest BCUT2D eigenvalue weighted by atomic mass is 9.89. The van der Waals surface area contributed by atoms with Crippen LogP contribution in [0.15, 0.2) is 17.5 Å². The molecule has 1 aliphatic rings. The Morgan fingerprint density at radius 3 is 2.95 bits per heavy atom. The molecule has 0 unspecified atom stereocenters. The number of nitrogens with zero attached hydrogens (tertiary/aromatic N) is 1. The van der Waals surface area contributed by atoms with Crippen molar-refractivity contribution in [2.24, 2.45) is 5.41 Å². The number of amides is 1. The van der Waals surface area contributed by atoms with Gasteiger partial charge in [0, 0.05) is 12.0 Å². The summed E-state index contributed by atoms with van der Waals surface area (Å²) in [5.74, 6) is -0.0315. The molecule has 6 heteroatoms. The molecular formula is C14H16N2O2S2. The molecule has 3 rings (SSSR count). The van der Waals surface area contributed by atoms with Crippen LogP contribution in [0.2, 0.25) is 0 Å². The first-order chi connectivity index (χ1) is 9.57. The van der Waals surface area contributed by atoms with Crippen LogP contribution in [0, 0.1) is 12.3 Å². The lowest BCUT2D eigenvalue weighted by Crippen LogP contribution is -2.48. The number of ether oxygens (including phenoxy) is 1. The zero-order chi connectivity index (χ0) is 14.2. The summed E-state index contributed by atoms with van der Waals surface area (Å²) in [5.41, 5.74) is 0.885. The number of thiazole rings is 1. The highest BCUT2D eigenvalue weighted by atomic mass is 32.1. The van der Waals surface area contributed by atoms with Crippen LogP contribution in [0.5, 0.6) is 0 Å². The van der Waals surface area contributed by atoms with Gasteiger partial charge in [0.05, 0.1) is 23.8 Å². The maximum absolute atomic E-state index is 12.3. The molecule has 1 N–H and O–H groups in total. The van der Waals surface area contributed by atoms with Gasteiger partial charge in [0.15, 0.2) is 0 Å². The van der Waals surface area contributed by atoms with Crippen molar-refractivity contribution in [1.29, 1.82) is 0 Å². The van der Waals surface area contributed by atoms with Gasteiger partial charge in [0.2, 0.25) is 0 Å². The minimum absolute atomic E-state index is 0.0315. The second-order valence-corrected chi connectivity index (χ2v) is 7.34. The zero-order valence-electron chi connectivity index (χ0n) is 11.4. The van der Waals surface area contributed by atoms with Gasteiger partial charge in [0.25, 0.3) is 5.91 Å². The van der Waals surface area contributed by atoms with E-state index in [4.69, 9.17) is 4.74 Å². The van der Waals surface area contributed by atoms with E-state index >= 15 is 0 Å². The van der Waals surface area contributed by atoms with Crippen LogP contribution in [0.1, 0.15) is 22.3 Å². The number of hydrogen-bond donors (Lipinski definition) is 1. The molecule has 0 atom stereocenters. The Morgan fingerprint density at radius 1 is 1.55 bits per heavy atom. The first kappa shape index (κ1) is 13.7. The van der Waals surface area contributed by atoms with Gasteiger partial charge in [-0.05, 0) is 18.4 Å². The molecule has 0 spiro atoms. The SMILES string of the molecule is Cc1nc(-c2cccs2)sc1C(=O)NCC1(C)COC1. The summed E-state index contributed by atoms with van der Waals surface area (Å²) in [7, 11) is 0. The number of carbonyl (C=O) groups is 1. The van der Waals surface area contributed by atoms with E-state index < -0.39 is 0 Å². The molecule has 20 heavy (non-hydrogen) atoms. The number of aryl methyl sites for hydroxylation is 1. The summed E-state index contributed by atoms with van der Waals surface area (Å²) in [5, 5.41) is 5.93. The fourth-order valence-corrected chi connectivity index (χ4v) is 3.82. The molecule has 1 fully saturated rings. The Hall–Kier alpha value is -1.24. The van der Waals surface area contributed by atoms with Crippen LogP contribution in [0.3, 0.4) is 0 Å². The summed E-state index contributed by atoms with van der Waals surface area (Å²) in [6, 6.07) is 4.02. The molecular weight excluding hydrogens is 292 g/mol. The summed E-state index contributed by atoms with van der Waals surface area (Å²) >= 11 is 3.10. The Bertz CT molecular complexity index is 615. The molecule has 0 aliphatic carbocycles. The van der Waals surface area contributed by atoms with E-state index in [9.17, 15) is 4.79 Å². The van der Waals surface area contributed by atoms with Crippen molar-refractivity contribution in [2.75, 3.05) is 19.8 Å². The third-order valence-corrected chi connectivity index (χ3v) is 5.51. The fourth-order valence-electron chi connectivity index (χ4n) is 2.04. The van der Waals surface area contributed by atoms with Crippen molar-refractivity contribution >= 4 is 28.6 Å². The highest BCUT2D eigenvalue weighted by Gasteiger charge is 2.33. The molecule has 2 aromatic rings. The molecule has 2 aromatic heterocycles. The van der Waals surface area contributed by atoms with Gasteiger partial charge >= 0.3 is 0 Å². The van der Waals surface area contributed by atoms with Gasteiger partial charge in [-0.3, -0.25) is 4.79 Å². The topological polar surface area (TPSA) is 51.2 Å². The molecule has 0 radical (unpaired) electrons. The van der Waals surface area contributed by atoms with Gasteiger partial charge < -0.3 is 10.1 Å². The third-order valence-electron chi connectivity index (χ3n) is 3.31. The number of carbonyl (C=O) groups excluding carboxylic acids is 1. The molecule has 3 heterocycles. The first-order valence-electron chi connectivity index (χ1n) is 6.45. The van der Waals surface area contributed by atoms with Crippen LogP contribution in [-0.2, 0) is 4.74 Å². The predicted molar refractivity (Wildman–Crippen MR) is 81.4 cm³/mol. The Balaban J connectivity index is 1.71. The second kappa shape index (κ2) is 5.27. The van der Waals surface area contributed by atoms with Crippen LogP contribution < -0.4 is 5.32 Å². The maximum atomic E-state index is 12.3. The van der Waals surface area contributed by atoms with Gasteiger partial charge in [-0.1, -0.05) is 13.0 Å². The van der Waals surface area contributed by atoms with Crippen molar-refractivity contribution in [1.82, 2.24) is 10.3 Å². The van der Waals surface area contributed by atoms with Crippen molar-refractivity contribution in [3.63, 3.8) is 0 Å². The van der Waals surface area contributed by atoms with Crippen molar-refractivity contribution < 1.29 is 9.53 Å². The number of nitrogens with one attached hydrogen (secondary N) is 1. The summed E-state index contributed by atoms with van der Waals surface area (Å²) < 4.78 is 5.19. The summed E-state index contributed by atoms with van der Waals surface area (Å²) in [4.78, 5) is 18.6. The lowest BCUT2D eigenvalue weighted by Gasteiger charge is -2.37. The van der Waals surface area contributed by atoms with Crippen LogP contribution in [0.4, 0.5) is 0 Å². The molecule has 0 aromatic carbocycles. The molecule has 1 amide bonds. The lowest BCUT2D eigenvalue weighted by molar-refractivity contribution is -0.0978. The monoisotopic (exact) mass is 308 g/mol. The number of aromatic nitrogens is 1. The van der Waals surface area contributed by atoms with E-state index in [0.29, 0.717) is 11.4 Å². The van der Waals surface area contributed by atoms with E-state index in [2.05, 4.69) is 17.2 Å². The van der Waals surface area contributed by atoms with E-state index in [1.165, 1.54) is 11.3 Å². The average Bonchev–Trinajstić information content (AvgIpc) is 3.02. The summed E-state index contributed by atoms with van der Waals surface area (Å²) in [6.45, 7) is 6.09. The van der Waals surface area contributed by atoms with E-state index in [1.54, 1.807) is 11.3 Å². The highest BCUT2D eigenvalue weighted by Crippen LogP contribution is 2.31. The van der Waals surface area contributed by atoms with Crippen LogP contribution >= 0.6 is 22.7 Å². The fraction of sp³-hybridized carbons (Fsp3) is 0.429. The van der Waals surface area contributed by atoms with Crippen molar-refractivity contribution in [2.45, 2.75) is 13.8 Å². The largest absolute Gasteiger partial charge is 0.380 e. The minimum Gasteiger partial charge on any atom is -0.380 e. The predicted octanol–water partition coefficient (Wildman–Crippen LogP) is 2.95. The van der Waals surface area contributed by atoms with Gasteiger partial charge in [-0.2, -0.15) is 0 Å². The zero-order valence-corrected chi connectivity index (χ0v) is 13.1. The van der Waals surface area contributed by atoms with Gasteiger partial charge in [-0.15, -0.1) is 22.7 Å². The van der Waals surface area contributed by atoms with Gasteiger partial charge in [-0.25, -0.2) is 4.98 Å². The highest BCUT2D eigenvalue weighted by molar-refractivity contribution is 7.22. The average molecular weight is 308 g/mol. The maximum Gasteiger partial charge on any atom is 0.263 e. The third kappa shape index (κ3) is 2.63. The quantitative estimate of drug-likeness (QED) is 0.945. The van der Waals surface area contributed by atoms with E-state index in [-0.39, 0.29) is 11.3 Å². The number of rotatable bonds is 4. The molecule has 4 nitrogen and oxygen atoms in total. The summed E-state index contributed by atoms with van der Waals surface area (Å²) in [6.07, 6.45) is 0. The minimum atomic E-state index is -0.0315. The van der Waals surface area contributed by atoms with Gasteiger partial charge in [0.1, 0.15) is 9.88 Å². The smallest absolute Gasteiger partial charge is 0.263 e. The molecule has 1 saturated heterocycles. The van der Waals surface area contributed by atoms with Crippen LogP contribution in [0.25, 0.3) is 9.88 Å². The first-order valence-corrected chi connectivity index (χ1v) is 8.14. The molecule has 1 aliphatic heterocycles. The number of thiophene rings is 1. The Kier molecular flexibility index (Phi) is 3.62. The molecule has 0 bridgehead atoms. The van der Waals surface area contributed by atoms with E-state index in [0.717, 1.165) is 28.8 Å². The number of hydrogen-bond acceptors (Lipinski definition) is 5. The standard InChI is InChI=1S/C14H16N2O2S2/c1-9-11(12(17)15-6-14(2)7-18-8-14)20-13(16-9)10-4-3-5-19-10/h3-5H,6-8H2,1-2H3,(H,15,17). The van der Waals surface area contributed by atoms with E-state index in [1.807, 2.05) is 24.4 Å². The van der Waals surface area contributed by atoms with Crippen LogP contribution in [-0.4, -0.2) is 30.6 Å². The Labute approximate surface area is 125 Å². The van der Waals surface area contributed by atoms with Crippen molar-refractivity contribution in [3.8, 4) is 9.88 Å².